The molecule has 0 heterocycles. The zero-order chi connectivity index (χ0) is 13.8. The van der Waals surface area contributed by atoms with Crippen molar-refractivity contribution in [1.29, 1.82) is 0 Å². The first-order valence-corrected chi connectivity index (χ1v) is 6.32. The Morgan fingerprint density at radius 1 is 1.05 bits per heavy atom. The number of hydrogen-bond donors (Lipinski definition) is 1. The zero-order valence-corrected chi connectivity index (χ0v) is 11.6. The van der Waals surface area contributed by atoms with Gasteiger partial charge in [-0.15, -0.1) is 0 Å². The molecule has 3 heteroatoms. The first kappa shape index (κ1) is 13.4. The number of halogens is 1. The summed E-state index contributed by atoms with van der Waals surface area (Å²) in [4.78, 5) is 2.06. The van der Waals surface area contributed by atoms with Crippen LogP contribution in [-0.4, -0.2) is 14.1 Å². The molecule has 100 valence electrons. The maximum absolute atomic E-state index is 13.0. The molecule has 0 atom stereocenters. The number of benzene rings is 2. The van der Waals surface area contributed by atoms with Crippen LogP contribution in [0, 0.1) is 12.7 Å². The van der Waals surface area contributed by atoms with Crippen LogP contribution in [0.25, 0.3) is 0 Å². The standard InChI is InChI=1S/C16H19FN2/c1-12-10-14(17)5-4-13(12)11-18-15-6-8-16(9-7-15)19(2)3/h4-10,18H,11H2,1-3H3. The number of nitrogens with zero attached hydrogens (tertiary/aromatic N) is 1. The summed E-state index contributed by atoms with van der Waals surface area (Å²) in [5.74, 6) is -0.184. The highest BCUT2D eigenvalue weighted by Gasteiger charge is 2.01. The van der Waals surface area contributed by atoms with E-state index in [0.717, 1.165) is 16.8 Å². The molecule has 2 nitrogen and oxygen atoms in total. The molecular formula is C16H19FN2. The molecular weight excluding hydrogens is 239 g/mol. The summed E-state index contributed by atoms with van der Waals surface area (Å²) in [6.07, 6.45) is 0. The molecule has 19 heavy (non-hydrogen) atoms. The van der Waals surface area contributed by atoms with Crippen molar-refractivity contribution in [1.82, 2.24) is 0 Å². The highest BCUT2D eigenvalue weighted by atomic mass is 19.1. The molecule has 0 aliphatic rings. The van der Waals surface area contributed by atoms with E-state index in [1.54, 1.807) is 6.07 Å². The molecule has 0 aliphatic carbocycles. The van der Waals surface area contributed by atoms with E-state index >= 15 is 0 Å². The smallest absolute Gasteiger partial charge is 0.123 e. The molecule has 0 bridgehead atoms. The lowest BCUT2D eigenvalue weighted by atomic mass is 10.1. The monoisotopic (exact) mass is 258 g/mol. The Morgan fingerprint density at radius 2 is 1.74 bits per heavy atom. The molecule has 2 aromatic rings. The van der Waals surface area contributed by atoms with Crippen molar-refractivity contribution in [3.05, 3.63) is 59.4 Å². The van der Waals surface area contributed by atoms with Crippen molar-refractivity contribution >= 4 is 11.4 Å². The summed E-state index contributed by atoms with van der Waals surface area (Å²) in [7, 11) is 4.04. The Bertz CT molecular complexity index is 547. The van der Waals surface area contributed by atoms with Gasteiger partial charge in [-0.3, -0.25) is 0 Å². The maximum Gasteiger partial charge on any atom is 0.123 e. The quantitative estimate of drug-likeness (QED) is 0.897. The number of aryl methyl sites for hydroxylation is 1. The minimum absolute atomic E-state index is 0.184. The third kappa shape index (κ3) is 3.47. The second-order valence-corrected chi connectivity index (χ2v) is 4.87. The highest BCUT2D eigenvalue weighted by Crippen LogP contribution is 2.17. The van der Waals surface area contributed by atoms with E-state index in [2.05, 4.69) is 22.3 Å². The van der Waals surface area contributed by atoms with Crippen LogP contribution in [-0.2, 0) is 6.54 Å². The molecule has 2 aromatic carbocycles. The van der Waals surface area contributed by atoms with Gasteiger partial charge in [0, 0.05) is 32.0 Å². The van der Waals surface area contributed by atoms with Crippen molar-refractivity contribution in [3.8, 4) is 0 Å². The van der Waals surface area contributed by atoms with Gasteiger partial charge in [-0.05, 0) is 54.4 Å². The largest absolute Gasteiger partial charge is 0.381 e. The van der Waals surface area contributed by atoms with Crippen LogP contribution in [0.3, 0.4) is 0 Å². The Balaban J connectivity index is 2.02. The second kappa shape index (κ2) is 5.74. The van der Waals surface area contributed by atoms with Gasteiger partial charge in [0.05, 0.1) is 0 Å². The molecule has 0 aromatic heterocycles. The van der Waals surface area contributed by atoms with Gasteiger partial charge in [0.1, 0.15) is 5.82 Å². The van der Waals surface area contributed by atoms with Crippen LogP contribution in [0.5, 0.6) is 0 Å². The van der Waals surface area contributed by atoms with Gasteiger partial charge in [0.2, 0.25) is 0 Å². The van der Waals surface area contributed by atoms with Crippen LogP contribution in [0.4, 0.5) is 15.8 Å². The van der Waals surface area contributed by atoms with Gasteiger partial charge in [-0.25, -0.2) is 4.39 Å². The summed E-state index contributed by atoms with van der Waals surface area (Å²) in [6.45, 7) is 2.63. The number of hydrogen-bond acceptors (Lipinski definition) is 2. The van der Waals surface area contributed by atoms with Crippen LogP contribution in [0.15, 0.2) is 42.5 Å². The molecule has 0 aliphatic heterocycles. The first-order chi connectivity index (χ1) is 9.06. The summed E-state index contributed by atoms with van der Waals surface area (Å²) < 4.78 is 13.0. The molecule has 0 saturated carbocycles. The Kier molecular flexibility index (Phi) is 4.05. The molecule has 0 unspecified atom stereocenters. The summed E-state index contributed by atoms with van der Waals surface area (Å²) in [6, 6.07) is 13.1. The normalized spacial score (nSPS) is 10.3. The third-order valence-electron chi connectivity index (χ3n) is 3.17. The molecule has 1 N–H and O–H groups in total. The SMILES string of the molecule is Cc1cc(F)ccc1CNc1ccc(N(C)C)cc1. The van der Waals surface area contributed by atoms with Crippen LogP contribution < -0.4 is 10.2 Å². The van der Waals surface area contributed by atoms with Gasteiger partial charge >= 0.3 is 0 Å². The van der Waals surface area contributed by atoms with E-state index in [-0.39, 0.29) is 5.82 Å². The van der Waals surface area contributed by atoms with Crippen molar-refractivity contribution in [2.24, 2.45) is 0 Å². The Morgan fingerprint density at radius 3 is 2.32 bits per heavy atom. The lowest BCUT2D eigenvalue weighted by molar-refractivity contribution is 0.625. The van der Waals surface area contributed by atoms with E-state index in [9.17, 15) is 4.39 Å². The van der Waals surface area contributed by atoms with Crippen LogP contribution >= 0.6 is 0 Å². The molecule has 0 amide bonds. The van der Waals surface area contributed by atoms with Crippen molar-refractivity contribution in [2.75, 3.05) is 24.3 Å². The van der Waals surface area contributed by atoms with E-state index in [0.29, 0.717) is 6.54 Å². The van der Waals surface area contributed by atoms with Gasteiger partial charge < -0.3 is 10.2 Å². The topological polar surface area (TPSA) is 15.3 Å². The molecule has 0 spiro atoms. The van der Waals surface area contributed by atoms with E-state index in [1.165, 1.54) is 11.8 Å². The van der Waals surface area contributed by atoms with Gasteiger partial charge in [0.25, 0.3) is 0 Å². The van der Waals surface area contributed by atoms with E-state index in [4.69, 9.17) is 0 Å². The average molecular weight is 258 g/mol. The number of anilines is 2. The Hall–Kier alpha value is -2.03. The number of rotatable bonds is 4. The van der Waals surface area contributed by atoms with Crippen LogP contribution in [0.2, 0.25) is 0 Å². The molecule has 0 saturated heterocycles. The third-order valence-corrected chi connectivity index (χ3v) is 3.17. The lowest BCUT2D eigenvalue weighted by Crippen LogP contribution is -2.08. The zero-order valence-electron chi connectivity index (χ0n) is 11.6. The van der Waals surface area contributed by atoms with Crippen molar-refractivity contribution in [2.45, 2.75) is 13.5 Å². The average Bonchev–Trinajstić information content (AvgIpc) is 2.38. The fraction of sp³-hybridized carbons (Fsp3) is 0.250. The first-order valence-electron chi connectivity index (χ1n) is 6.32. The van der Waals surface area contributed by atoms with Gasteiger partial charge in [-0.1, -0.05) is 6.07 Å². The van der Waals surface area contributed by atoms with E-state index in [1.807, 2.05) is 39.2 Å². The van der Waals surface area contributed by atoms with Gasteiger partial charge in [-0.2, -0.15) is 0 Å². The fourth-order valence-corrected chi connectivity index (χ4v) is 1.93. The molecule has 0 fully saturated rings. The summed E-state index contributed by atoms with van der Waals surface area (Å²) in [5, 5.41) is 3.35. The van der Waals surface area contributed by atoms with Crippen LogP contribution in [0.1, 0.15) is 11.1 Å². The summed E-state index contributed by atoms with van der Waals surface area (Å²) in [5.41, 5.74) is 4.31. The van der Waals surface area contributed by atoms with E-state index < -0.39 is 0 Å². The molecule has 2 rings (SSSR count). The predicted octanol–water partition coefficient (Wildman–Crippen LogP) is 3.81. The number of nitrogens with one attached hydrogen (secondary N) is 1. The predicted molar refractivity (Wildman–Crippen MR) is 79.2 cm³/mol. The lowest BCUT2D eigenvalue weighted by Gasteiger charge is -2.14. The van der Waals surface area contributed by atoms with Gasteiger partial charge in [0.15, 0.2) is 0 Å². The maximum atomic E-state index is 13.0. The molecule has 0 radical (unpaired) electrons. The Labute approximate surface area is 113 Å². The van der Waals surface area contributed by atoms with Crippen molar-refractivity contribution < 1.29 is 4.39 Å². The highest BCUT2D eigenvalue weighted by molar-refractivity contribution is 5.54. The minimum Gasteiger partial charge on any atom is -0.381 e. The minimum atomic E-state index is -0.184. The summed E-state index contributed by atoms with van der Waals surface area (Å²) >= 11 is 0. The second-order valence-electron chi connectivity index (χ2n) is 4.87. The fourth-order valence-electron chi connectivity index (χ4n) is 1.93. The van der Waals surface area contributed by atoms with Crippen molar-refractivity contribution in [3.63, 3.8) is 0 Å².